The summed E-state index contributed by atoms with van der Waals surface area (Å²) >= 11 is 6.05. The van der Waals surface area contributed by atoms with E-state index < -0.39 is 10.0 Å². The molecule has 0 unspecified atom stereocenters. The first-order valence-corrected chi connectivity index (χ1v) is 8.23. The van der Waals surface area contributed by atoms with E-state index >= 15 is 0 Å². The second-order valence-corrected chi connectivity index (χ2v) is 6.77. The molecule has 0 aromatic carbocycles. The highest BCUT2D eigenvalue weighted by atomic mass is 35.5. The first kappa shape index (κ1) is 14.6. The summed E-state index contributed by atoms with van der Waals surface area (Å²) in [5.74, 6) is 0.512. The number of anilines is 1. The van der Waals surface area contributed by atoms with Crippen molar-refractivity contribution in [3.05, 3.63) is 17.3 Å². The van der Waals surface area contributed by atoms with Gasteiger partial charge in [0.05, 0.1) is 5.02 Å². The van der Waals surface area contributed by atoms with Gasteiger partial charge in [0.15, 0.2) is 0 Å². The van der Waals surface area contributed by atoms with Crippen molar-refractivity contribution in [2.45, 2.75) is 37.6 Å². The van der Waals surface area contributed by atoms with E-state index in [0.29, 0.717) is 23.9 Å². The maximum absolute atomic E-state index is 12.5. The molecule has 0 bridgehead atoms. The Balaban J connectivity index is 2.32. The molecular formula is C12H18ClN3O2S. The number of nitrogens with one attached hydrogen (secondary N) is 1. The molecule has 1 aliphatic carbocycles. The lowest BCUT2D eigenvalue weighted by molar-refractivity contribution is 0.421. The van der Waals surface area contributed by atoms with E-state index in [1.807, 2.05) is 13.8 Å². The van der Waals surface area contributed by atoms with Crippen LogP contribution in [0.5, 0.6) is 0 Å². The Morgan fingerprint density at radius 1 is 1.47 bits per heavy atom. The lowest BCUT2D eigenvalue weighted by atomic mass is 10.4. The fourth-order valence-electron chi connectivity index (χ4n) is 1.98. The van der Waals surface area contributed by atoms with Crippen molar-refractivity contribution in [1.29, 1.82) is 0 Å². The first-order valence-electron chi connectivity index (χ1n) is 6.42. The fraction of sp³-hybridized carbons (Fsp3) is 0.583. The van der Waals surface area contributed by atoms with E-state index in [2.05, 4.69) is 10.3 Å². The molecular weight excluding hydrogens is 286 g/mol. The van der Waals surface area contributed by atoms with Crippen LogP contribution in [0.2, 0.25) is 5.02 Å². The van der Waals surface area contributed by atoms with E-state index in [0.717, 1.165) is 12.8 Å². The average molecular weight is 304 g/mol. The monoisotopic (exact) mass is 303 g/mol. The van der Waals surface area contributed by atoms with Gasteiger partial charge in [0.25, 0.3) is 0 Å². The number of sulfonamides is 1. The standard InChI is InChI=1S/C12H18ClN3O2S/c1-3-14-12-11(13)7-10(8-15-12)19(17,18)16(4-2)9-5-6-9/h7-9H,3-6H2,1-2H3,(H,14,15). The summed E-state index contributed by atoms with van der Waals surface area (Å²) in [6.07, 6.45) is 3.23. The van der Waals surface area contributed by atoms with Crippen LogP contribution in [0.1, 0.15) is 26.7 Å². The van der Waals surface area contributed by atoms with Gasteiger partial charge < -0.3 is 5.32 Å². The molecule has 0 saturated heterocycles. The smallest absolute Gasteiger partial charge is 0.244 e. The largest absolute Gasteiger partial charge is 0.369 e. The third-order valence-electron chi connectivity index (χ3n) is 3.03. The molecule has 0 atom stereocenters. The minimum absolute atomic E-state index is 0.141. The van der Waals surface area contributed by atoms with Crippen molar-refractivity contribution in [2.75, 3.05) is 18.4 Å². The third-order valence-corrected chi connectivity index (χ3v) is 5.31. The fourth-order valence-corrected chi connectivity index (χ4v) is 3.95. The molecule has 2 rings (SSSR count). The van der Waals surface area contributed by atoms with Gasteiger partial charge in [-0.05, 0) is 25.8 Å². The van der Waals surface area contributed by atoms with Crippen molar-refractivity contribution in [3.63, 3.8) is 0 Å². The molecule has 0 radical (unpaired) electrons. The number of aromatic nitrogens is 1. The van der Waals surface area contributed by atoms with Crippen LogP contribution in [-0.4, -0.2) is 36.8 Å². The first-order chi connectivity index (χ1) is 9.00. The second-order valence-electron chi connectivity index (χ2n) is 4.47. The Hall–Kier alpha value is -0.850. The molecule has 1 fully saturated rings. The molecule has 1 heterocycles. The molecule has 1 aromatic rings. The van der Waals surface area contributed by atoms with Crippen LogP contribution in [0.15, 0.2) is 17.2 Å². The molecule has 0 aliphatic heterocycles. The Morgan fingerprint density at radius 2 is 2.16 bits per heavy atom. The van der Waals surface area contributed by atoms with Gasteiger partial charge in [0.1, 0.15) is 10.7 Å². The van der Waals surface area contributed by atoms with Gasteiger partial charge in [-0.2, -0.15) is 4.31 Å². The Morgan fingerprint density at radius 3 is 2.63 bits per heavy atom. The van der Waals surface area contributed by atoms with Crippen LogP contribution in [0.4, 0.5) is 5.82 Å². The summed E-state index contributed by atoms with van der Waals surface area (Å²) in [4.78, 5) is 4.24. The van der Waals surface area contributed by atoms with E-state index in [9.17, 15) is 8.42 Å². The highest BCUT2D eigenvalue weighted by Gasteiger charge is 2.37. The zero-order valence-electron chi connectivity index (χ0n) is 11.1. The molecule has 19 heavy (non-hydrogen) atoms. The summed E-state index contributed by atoms with van der Waals surface area (Å²) in [6.45, 7) is 4.92. The summed E-state index contributed by atoms with van der Waals surface area (Å²) in [6, 6.07) is 1.61. The molecule has 1 aliphatic rings. The van der Waals surface area contributed by atoms with Crippen LogP contribution in [0.3, 0.4) is 0 Å². The third kappa shape index (κ3) is 3.01. The molecule has 0 spiro atoms. The van der Waals surface area contributed by atoms with Crippen LogP contribution in [0, 0.1) is 0 Å². The predicted molar refractivity (Wildman–Crippen MR) is 76.0 cm³/mol. The lowest BCUT2D eigenvalue weighted by Gasteiger charge is -2.20. The second kappa shape index (κ2) is 5.64. The van der Waals surface area contributed by atoms with E-state index in [4.69, 9.17) is 11.6 Å². The highest BCUT2D eigenvalue weighted by Crippen LogP contribution is 2.32. The topological polar surface area (TPSA) is 62.3 Å². The van der Waals surface area contributed by atoms with Gasteiger partial charge in [0, 0.05) is 25.3 Å². The molecule has 5 nitrogen and oxygen atoms in total. The summed E-state index contributed by atoms with van der Waals surface area (Å²) in [7, 11) is -3.48. The molecule has 0 amide bonds. The van der Waals surface area contributed by atoms with E-state index in [1.165, 1.54) is 16.6 Å². The van der Waals surface area contributed by atoms with Crippen molar-refractivity contribution in [1.82, 2.24) is 9.29 Å². The average Bonchev–Trinajstić information content (AvgIpc) is 3.17. The summed E-state index contributed by atoms with van der Waals surface area (Å²) in [5, 5.41) is 3.31. The van der Waals surface area contributed by atoms with Crippen molar-refractivity contribution < 1.29 is 8.42 Å². The normalized spacial score (nSPS) is 15.8. The Labute approximate surface area is 119 Å². The predicted octanol–water partition coefficient (Wildman–Crippen LogP) is 2.34. The maximum Gasteiger partial charge on any atom is 0.244 e. The summed E-state index contributed by atoms with van der Waals surface area (Å²) < 4.78 is 26.5. The van der Waals surface area contributed by atoms with Crippen LogP contribution < -0.4 is 5.32 Å². The van der Waals surface area contributed by atoms with Gasteiger partial charge in [0.2, 0.25) is 10.0 Å². The molecule has 106 valence electrons. The highest BCUT2D eigenvalue weighted by molar-refractivity contribution is 7.89. The number of halogens is 1. The number of nitrogens with zero attached hydrogens (tertiary/aromatic N) is 2. The number of hydrogen-bond donors (Lipinski definition) is 1. The van der Waals surface area contributed by atoms with Crippen molar-refractivity contribution in [3.8, 4) is 0 Å². The van der Waals surface area contributed by atoms with Gasteiger partial charge >= 0.3 is 0 Å². The van der Waals surface area contributed by atoms with E-state index in [1.54, 1.807) is 0 Å². The quantitative estimate of drug-likeness (QED) is 0.876. The van der Waals surface area contributed by atoms with Gasteiger partial charge in [-0.3, -0.25) is 0 Å². The minimum Gasteiger partial charge on any atom is -0.369 e. The number of rotatable bonds is 6. The van der Waals surface area contributed by atoms with Crippen LogP contribution >= 0.6 is 11.6 Å². The SMILES string of the molecule is CCNc1ncc(S(=O)(=O)N(CC)C2CC2)cc1Cl. The Kier molecular flexibility index (Phi) is 4.32. The van der Waals surface area contributed by atoms with Crippen molar-refractivity contribution >= 4 is 27.4 Å². The van der Waals surface area contributed by atoms with Gasteiger partial charge in [-0.15, -0.1) is 0 Å². The molecule has 1 saturated carbocycles. The Bertz CT molecular complexity index is 558. The molecule has 1 aromatic heterocycles. The lowest BCUT2D eigenvalue weighted by Crippen LogP contribution is -2.33. The number of pyridine rings is 1. The molecule has 7 heteroatoms. The van der Waals surface area contributed by atoms with E-state index in [-0.39, 0.29) is 10.9 Å². The zero-order valence-corrected chi connectivity index (χ0v) is 12.6. The van der Waals surface area contributed by atoms with Crippen molar-refractivity contribution in [2.24, 2.45) is 0 Å². The van der Waals surface area contributed by atoms with Crippen LogP contribution in [-0.2, 0) is 10.0 Å². The minimum atomic E-state index is -3.48. The zero-order chi connectivity index (χ0) is 14.0. The number of hydrogen-bond acceptors (Lipinski definition) is 4. The summed E-state index contributed by atoms with van der Waals surface area (Å²) in [5.41, 5.74) is 0. The molecule has 1 N–H and O–H groups in total. The van der Waals surface area contributed by atoms with Crippen LogP contribution in [0.25, 0.3) is 0 Å². The van der Waals surface area contributed by atoms with Gasteiger partial charge in [-0.25, -0.2) is 13.4 Å². The maximum atomic E-state index is 12.5. The van der Waals surface area contributed by atoms with Gasteiger partial charge in [-0.1, -0.05) is 18.5 Å².